The lowest BCUT2D eigenvalue weighted by atomic mass is 10.1. The maximum atomic E-state index is 14.3. The van der Waals surface area contributed by atoms with E-state index in [-0.39, 0.29) is 11.6 Å². The third-order valence-corrected chi connectivity index (χ3v) is 4.58. The maximum absolute atomic E-state index is 14.3. The Hall–Kier alpha value is -3.51. The van der Waals surface area contributed by atoms with Crippen LogP contribution in [-0.2, 0) is 6.54 Å². The van der Waals surface area contributed by atoms with Crippen molar-refractivity contribution in [2.24, 2.45) is 0 Å². The smallest absolute Gasteiger partial charge is 0.270 e. The van der Waals surface area contributed by atoms with Gasteiger partial charge in [-0.25, -0.2) is 9.07 Å². The molecule has 4 aromatic rings. The number of amides is 1. The number of carbonyl (C=O) groups is 1. The van der Waals surface area contributed by atoms with Gasteiger partial charge in [0.05, 0.1) is 11.4 Å². The largest absolute Gasteiger partial charge is 0.347 e. The normalized spacial score (nSPS) is 10.7. The lowest BCUT2D eigenvalue weighted by Gasteiger charge is -2.08. The lowest BCUT2D eigenvalue weighted by molar-refractivity contribution is 0.0943. The number of rotatable bonds is 5. The van der Waals surface area contributed by atoms with Crippen LogP contribution in [0.25, 0.3) is 16.9 Å². The fourth-order valence-electron chi connectivity index (χ4n) is 2.92. The molecule has 0 aliphatic rings. The van der Waals surface area contributed by atoms with E-state index in [0.717, 1.165) is 5.56 Å². The summed E-state index contributed by atoms with van der Waals surface area (Å²) in [5, 5.41) is 7.85. The molecular formula is C22H16ClFN4O. The van der Waals surface area contributed by atoms with Crippen molar-refractivity contribution in [3.8, 4) is 16.9 Å². The first-order valence-electron chi connectivity index (χ1n) is 8.90. The average Bonchev–Trinajstić information content (AvgIpc) is 3.18. The molecule has 2 aromatic carbocycles. The Balaban J connectivity index is 1.72. The molecule has 0 saturated heterocycles. The third-order valence-electron chi connectivity index (χ3n) is 4.35. The van der Waals surface area contributed by atoms with Crippen LogP contribution in [0.3, 0.4) is 0 Å². The van der Waals surface area contributed by atoms with E-state index in [0.29, 0.717) is 28.5 Å². The molecule has 4 rings (SSSR count). The first-order chi connectivity index (χ1) is 14.1. The maximum Gasteiger partial charge on any atom is 0.270 e. The summed E-state index contributed by atoms with van der Waals surface area (Å²) in [4.78, 5) is 16.9. The number of benzene rings is 2. The number of nitrogens with zero attached hydrogens (tertiary/aromatic N) is 3. The van der Waals surface area contributed by atoms with Crippen LogP contribution in [-0.4, -0.2) is 20.7 Å². The number of pyridine rings is 1. The van der Waals surface area contributed by atoms with Crippen molar-refractivity contribution in [3.63, 3.8) is 0 Å². The summed E-state index contributed by atoms with van der Waals surface area (Å²) in [5.41, 5.74) is 2.47. The van der Waals surface area contributed by atoms with Crippen molar-refractivity contribution >= 4 is 17.5 Å². The van der Waals surface area contributed by atoms with E-state index in [4.69, 9.17) is 11.6 Å². The number of aromatic nitrogens is 3. The highest BCUT2D eigenvalue weighted by molar-refractivity contribution is 6.30. The molecule has 0 radical (unpaired) electrons. The molecule has 0 aliphatic carbocycles. The standard InChI is InChI=1S/C22H16ClFN4O/c23-16-4-3-5-17(12-16)28-21(22(29)26-14-15-8-10-25-11-9-15)13-20(27-28)18-6-1-2-7-19(18)24/h1-13H,14H2,(H,26,29). The molecule has 0 fully saturated rings. The van der Waals surface area contributed by atoms with Crippen LogP contribution in [0.4, 0.5) is 4.39 Å². The quantitative estimate of drug-likeness (QED) is 0.524. The molecular weight excluding hydrogens is 391 g/mol. The molecule has 2 heterocycles. The fraction of sp³-hybridized carbons (Fsp3) is 0.0455. The Labute approximate surface area is 171 Å². The second kappa shape index (κ2) is 8.24. The Bertz CT molecular complexity index is 1160. The van der Waals surface area contributed by atoms with Crippen molar-refractivity contribution in [1.29, 1.82) is 0 Å². The second-order valence-electron chi connectivity index (χ2n) is 6.32. The predicted molar refractivity (Wildman–Crippen MR) is 109 cm³/mol. The Morgan fingerprint density at radius 2 is 1.83 bits per heavy atom. The molecule has 0 aliphatic heterocycles. The van der Waals surface area contributed by atoms with Crippen LogP contribution in [0, 0.1) is 5.82 Å². The van der Waals surface area contributed by atoms with Gasteiger partial charge in [0.25, 0.3) is 5.91 Å². The van der Waals surface area contributed by atoms with Crippen LogP contribution >= 0.6 is 11.6 Å². The minimum Gasteiger partial charge on any atom is -0.347 e. The van der Waals surface area contributed by atoms with Gasteiger partial charge in [0.15, 0.2) is 0 Å². The Kier molecular flexibility index (Phi) is 5.35. The molecule has 0 atom stereocenters. The number of hydrogen-bond acceptors (Lipinski definition) is 3. The van der Waals surface area contributed by atoms with Gasteiger partial charge in [0.2, 0.25) is 0 Å². The van der Waals surface area contributed by atoms with E-state index in [2.05, 4.69) is 15.4 Å². The summed E-state index contributed by atoms with van der Waals surface area (Å²) >= 11 is 6.11. The Morgan fingerprint density at radius 1 is 1.03 bits per heavy atom. The monoisotopic (exact) mass is 406 g/mol. The fourth-order valence-corrected chi connectivity index (χ4v) is 3.11. The van der Waals surface area contributed by atoms with Gasteiger partial charge in [-0.1, -0.05) is 29.8 Å². The first-order valence-corrected chi connectivity index (χ1v) is 9.27. The van der Waals surface area contributed by atoms with Crippen molar-refractivity contribution in [2.75, 3.05) is 0 Å². The highest BCUT2D eigenvalue weighted by atomic mass is 35.5. The average molecular weight is 407 g/mol. The van der Waals surface area contributed by atoms with E-state index in [1.54, 1.807) is 60.9 Å². The number of halogens is 2. The first kappa shape index (κ1) is 18.8. The van der Waals surface area contributed by atoms with Gasteiger partial charge >= 0.3 is 0 Å². The number of nitrogens with one attached hydrogen (secondary N) is 1. The van der Waals surface area contributed by atoms with E-state index in [1.165, 1.54) is 10.7 Å². The van der Waals surface area contributed by atoms with Gasteiger partial charge in [-0.15, -0.1) is 0 Å². The van der Waals surface area contributed by atoms with Crippen molar-refractivity contribution < 1.29 is 9.18 Å². The minimum atomic E-state index is -0.410. The Morgan fingerprint density at radius 3 is 2.59 bits per heavy atom. The zero-order valence-corrected chi connectivity index (χ0v) is 16.0. The van der Waals surface area contributed by atoms with Crippen LogP contribution < -0.4 is 5.32 Å². The summed E-state index contributed by atoms with van der Waals surface area (Å²) in [5.74, 6) is -0.746. The summed E-state index contributed by atoms with van der Waals surface area (Å²) in [6.07, 6.45) is 3.32. The summed E-state index contributed by atoms with van der Waals surface area (Å²) in [6.45, 7) is 0.330. The number of carbonyl (C=O) groups excluding carboxylic acids is 1. The van der Waals surface area contributed by atoms with E-state index < -0.39 is 5.82 Å². The molecule has 0 saturated carbocycles. The number of hydrogen-bond donors (Lipinski definition) is 1. The molecule has 2 aromatic heterocycles. The highest BCUT2D eigenvalue weighted by Gasteiger charge is 2.19. The zero-order chi connectivity index (χ0) is 20.2. The molecule has 7 heteroatoms. The van der Waals surface area contributed by atoms with Gasteiger partial charge in [-0.2, -0.15) is 5.10 Å². The molecule has 29 heavy (non-hydrogen) atoms. The topological polar surface area (TPSA) is 59.8 Å². The SMILES string of the molecule is O=C(NCc1ccncc1)c1cc(-c2ccccc2F)nn1-c1cccc(Cl)c1. The lowest BCUT2D eigenvalue weighted by Crippen LogP contribution is -2.25. The zero-order valence-electron chi connectivity index (χ0n) is 15.2. The molecule has 0 unspecified atom stereocenters. The highest BCUT2D eigenvalue weighted by Crippen LogP contribution is 2.25. The molecule has 1 N–H and O–H groups in total. The van der Waals surface area contributed by atoms with Gasteiger partial charge in [0, 0.05) is 29.5 Å². The summed E-state index contributed by atoms with van der Waals surface area (Å²) in [6, 6.07) is 18.5. The van der Waals surface area contributed by atoms with Gasteiger partial charge in [0.1, 0.15) is 11.5 Å². The van der Waals surface area contributed by atoms with Gasteiger partial charge in [-0.05, 0) is 54.1 Å². The van der Waals surface area contributed by atoms with Crippen LogP contribution in [0.1, 0.15) is 16.1 Å². The predicted octanol–water partition coefficient (Wildman–Crippen LogP) is 4.66. The summed E-state index contributed by atoms with van der Waals surface area (Å²) in [7, 11) is 0. The van der Waals surface area contributed by atoms with Crippen molar-refractivity contribution in [2.45, 2.75) is 6.54 Å². The van der Waals surface area contributed by atoms with Crippen LogP contribution in [0.15, 0.2) is 79.1 Å². The molecule has 0 bridgehead atoms. The van der Waals surface area contributed by atoms with Crippen molar-refractivity contribution in [3.05, 3.63) is 101 Å². The molecule has 0 spiro atoms. The molecule has 1 amide bonds. The van der Waals surface area contributed by atoms with Gasteiger partial charge in [-0.3, -0.25) is 9.78 Å². The third kappa shape index (κ3) is 4.17. The summed E-state index contributed by atoms with van der Waals surface area (Å²) < 4.78 is 15.7. The van der Waals surface area contributed by atoms with Crippen LogP contribution in [0.5, 0.6) is 0 Å². The van der Waals surface area contributed by atoms with Gasteiger partial charge < -0.3 is 5.32 Å². The van der Waals surface area contributed by atoms with Crippen molar-refractivity contribution in [1.82, 2.24) is 20.1 Å². The minimum absolute atomic E-state index is 0.277. The van der Waals surface area contributed by atoms with E-state index >= 15 is 0 Å². The molecule has 5 nitrogen and oxygen atoms in total. The molecule has 144 valence electrons. The van der Waals surface area contributed by atoms with Crippen LogP contribution in [0.2, 0.25) is 5.02 Å². The van der Waals surface area contributed by atoms with E-state index in [1.807, 2.05) is 12.1 Å². The van der Waals surface area contributed by atoms with E-state index in [9.17, 15) is 9.18 Å². The second-order valence-corrected chi connectivity index (χ2v) is 6.76.